The molecule has 1 N–H and O–H groups in total. The third kappa shape index (κ3) is 5.06. The fourth-order valence-corrected chi connectivity index (χ4v) is 5.62. The summed E-state index contributed by atoms with van der Waals surface area (Å²) in [5.74, 6) is -2.24. The molecule has 1 amide bonds. The number of carbonyl (C=O) groups excluding carboxylic acids is 4. The molecule has 0 atom stereocenters. The van der Waals surface area contributed by atoms with E-state index in [1.807, 2.05) is 11.4 Å². The van der Waals surface area contributed by atoms with Crippen LogP contribution < -0.4 is 5.32 Å². The molecule has 0 fully saturated rings. The van der Waals surface area contributed by atoms with Crippen LogP contribution in [0, 0.1) is 0 Å². The number of hydrogen-bond donors (Lipinski definition) is 1. The number of benzene rings is 3. The number of rotatable bonds is 7. The molecule has 0 unspecified atom stereocenters. The number of Topliss-reactive ketones (excluding diaryl/α,β-unsaturated/α-hetero) is 2. The van der Waals surface area contributed by atoms with Crippen LogP contribution in [0.3, 0.4) is 0 Å². The summed E-state index contributed by atoms with van der Waals surface area (Å²) in [5.41, 5.74) is 5.35. The van der Waals surface area contributed by atoms with Crippen molar-refractivity contribution in [1.29, 1.82) is 0 Å². The highest BCUT2D eigenvalue weighted by Crippen LogP contribution is 2.38. The number of aryl methyl sites for hydroxylation is 2. The minimum absolute atomic E-state index is 0.191. The Balaban J connectivity index is 1.37. The lowest BCUT2D eigenvalue weighted by atomic mass is 9.89. The number of amides is 1. The van der Waals surface area contributed by atoms with Crippen LogP contribution in [0.2, 0.25) is 0 Å². The summed E-state index contributed by atoms with van der Waals surface area (Å²) in [4.78, 5) is 50.9. The van der Waals surface area contributed by atoms with Crippen LogP contribution in [0.1, 0.15) is 65.4 Å². The second-order valence-corrected chi connectivity index (χ2v) is 9.97. The maximum Gasteiger partial charge on any atom is 0.341 e. The van der Waals surface area contributed by atoms with Gasteiger partial charge < -0.3 is 10.1 Å². The lowest BCUT2D eigenvalue weighted by Gasteiger charge is -2.16. The smallest absolute Gasteiger partial charge is 0.341 e. The van der Waals surface area contributed by atoms with Gasteiger partial charge in [0.2, 0.25) is 11.6 Å². The fraction of sp³-hybridized carbons (Fsp3) is 0.161. The van der Waals surface area contributed by atoms with Crippen LogP contribution >= 0.6 is 11.3 Å². The molecule has 0 radical (unpaired) electrons. The van der Waals surface area contributed by atoms with Crippen LogP contribution in [0.15, 0.2) is 78.2 Å². The van der Waals surface area contributed by atoms with Crippen molar-refractivity contribution in [3.05, 3.63) is 112 Å². The average Bonchev–Trinajstić information content (AvgIpc) is 3.39. The minimum Gasteiger partial charge on any atom is -0.465 e. The number of ketones is 2. The number of carbonyl (C=O) groups is 4. The third-order valence-corrected chi connectivity index (χ3v) is 7.61. The van der Waals surface area contributed by atoms with Gasteiger partial charge in [0, 0.05) is 27.6 Å². The topological polar surface area (TPSA) is 89.5 Å². The molecule has 0 saturated carbocycles. The SMILES string of the molecule is COC(=O)c1c(-c2ccc3c(c2)CCCC3)csc1NC(=O)c1ccc(C(=O)C(=O)c2ccccc2)cc1. The standard InChI is InChI=1S/C31H25NO5S/c1-37-31(36)26-25(24-16-11-19-7-5-6-10-23(19)17-24)18-38-30(26)32-29(35)22-14-12-21(13-15-22)28(34)27(33)20-8-3-2-4-9-20/h2-4,8-9,11-18H,5-7,10H2,1H3,(H,32,35). The van der Waals surface area contributed by atoms with E-state index >= 15 is 0 Å². The number of methoxy groups -OCH3 is 1. The Bertz CT molecular complexity index is 1540. The normalized spacial score (nSPS) is 12.3. The monoisotopic (exact) mass is 523 g/mol. The molecule has 0 bridgehead atoms. The molecule has 1 aromatic heterocycles. The zero-order chi connectivity index (χ0) is 26.6. The Labute approximate surface area is 224 Å². The zero-order valence-electron chi connectivity index (χ0n) is 20.8. The summed E-state index contributed by atoms with van der Waals surface area (Å²) in [6.45, 7) is 0. The molecule has 0 aliphatic heterocycles. The number of thiophene rings is 1. The van der Waals surface area contributed by atoms with Gasteiger partial charge in [0.25, 0.3) is 5.91 Å². The largest absolute Gasteiger partial charge is 0.465 e. The average molecular weight is 524 g/mol. The van der Waals surface area contributed by atoms with Crippen molar-refractivity contribution in [2.24, 2.45) is 0 Å². The Hall–Kier alpha value is -4.36. The van der Waals surface area contributed by atoms with Gasteiger partial charge >= 0.3 is 5.97 Å². The number of ether oxygens (including phenoxy) is 1. The van der Waals surface area contributed by atoms with Crippen molar-refractivity contribution in [2.75, 3.05) is 12.4 Å². The van der Waals surface area contributed by atoms with Crippen LogP contribution in [0.25, 0.3) is 11.1 Å². The van der Waals surface area contributed by atoms with Crippen molar-refractivity contribution in [3.63, 3.8) is 0 Å². The number of hydrogen-bond acceptors (Lipinski definition) is 6. The van der Waals surface area contributed by atoms with E-state index < -0.39 is 23.4 Å². The van der Waals surface area contributed by atoms with Gasteiger partial charge in [0.1, 0.15) is 10.6 Å². The van der Waals surface area contributed by atoms with E-state index in [-0.39, 0.29) is 11.1 Å². The molecular formula is C31H25NO5S. The molecule has 3 aromatic carbocycles. The van der Waals surface area contributed by atoms with E-state index in [0.717, 1.165) is 24.8 Å². The molecule has 0 spiro atoms. The summed E-state index contributed by atoms with van der Waals surface area (Å²) in [6.07, 6.45) is 4.41. The van der Waals surface area contributed by atoms with Crippen LogP contribution in [-0.2, 0) is 17.6 Å². The molecule has 1 aliphatic rings. The van der Waals surface area contributed by atoms with E-state index in [4.69, 9.17) is 4.74 Å². The molecule has 190 valence electrons. The van der Waals surface area contributed by atoms with Gasteiger partial charge in [-0.15, -0.1) is 11.3 Å². The van der Waals surface area contributed by atoms with E-state index in [2.05, 4.69) is 17.4 Å². The highest BCUT2D eigenvalue weighted by atomic mass is 32.1. The number of fused-ring (bicyclic) bond motifs is 1. The van der Waals surface area contributed by atoms with Gasteiger partial charge in [0.15, 0.2) is 0 Å². The molecular weight excluding hydrogens is 498 g/mol. The van der Waals surface area contributed by atoms with Gasteiger partial charge in [-0.3, -0.25) is 14.4 Å². The third-order valence-electron chi connectivity index (χ3n) is 6.72. The summed E-state index contributed by atoms with van der Waals surface area (Å²) in [6, 6.07) is 20.4. The first-order valence-electron chi connectivity index (χ1n) is 12.3. The molecule has 38 heavy (non-hydrogen) atoms. The second-order valence-electron chi connectivity index (χ2n) is 9.09. The molecule has 6 nitrogen and oxygen atoms in total. The Morgan fingerprint density at radius 3 is 2.08 bits per heavy atom. The van der Waals surface area contributed by atoms with Gasteiger partial charge in [-0.25, -0.2) is 4.79 Å². The van der Waals surface area contributed by atoms with E-state index in [9.17, 15) is 19.2 Å². The summed E-state index contributed by atoms with van der Waals surface area (Å²) < 4.78 is 5.05. The highest BCUT2D eigenvalue weighted by Gasteiger charge is 2.24. The first kappa shape index (κ1) is 25.3. The van der Waals surface area contributed by atoms with Crippen molar-refractivity contribution < 1.29 is 23.9 Å². The minimum atomic E-state index is -0.649. The lowest BCUT2D eigenvalue weighted by Crippen LogP contribution is -2.16. The van der Waals surface area contributed by atoms with Gasteiger partial charge in [0.05, 0.1) is 7.11 Å². The molecule has 1 aliphatic carbocycles. The van der Waals surface area contributed by atoms with Crippen molar-refractivity contribution in [3.8, 4) is 11.1 Å². The van der Waals surface area contributed by atoms with Crippen LogP contribution in [0.4, 0.5) is 5.00 Å². The van der Waals surface area contributed by atoms with Crippen LogP contribution in [0.5, 0.6) is 0 Å². The Morgan fingerprint density at radius 1 is 0.763 bits per heavy atom. The van der Waals surface area contributed by atoms with E-state index in [1.165, 1.54) is 60.3 Å². The number of nitrogens with one attached hydrogen (secondary N) is 1. The molecule has 4 aromatic rings. The summed E-state index contributed by atoms with van der Waals surface area (Å²) in [5, 5.41) is 5.05. The lowest BCUT2D eigenvalue weighted by molar-refractivity contribution is 0.0603. The summed E-state index contributed by atoms with van der Waals surface area (Å²) >= 11 is 1.25. The highest BCUT2D eigenvalue weighted by molar-refractivity contribution is 7.15. The van der Waals surface area contributed by atoms with Crippen molar-refractivity contribution in [2.45, 2.75) is 25.7 Å². The quantitative estimate of drug-likeness (QED) is 0.172. The van der Waals surface area contributed by atoms with E-state index in [0.29, 0.717) is 21.7 Å². The number of anilines is 1. The molecule has 5 rings (SSSR count). The predicted octanol–water partition coefficient (Wildman–Crippen LogP) is 6.40. The zero-order valence-corrected chi connectivity index (χ0v) is 21.6. The predicted molar refractivity (Wildman–Crippen MR) is 147 cm³/mol. The maximum absolute atomic E-state index is 13.0. The molecule has 7 heteroatoms. The second kappa shape index (κ2) is 10.9. The van der Waals surface area contributed by atoms with Crippen LogP contribution in [-0.4, -0.2) is 30.6 Å². The first-order valence-corrected chi connectivity index (χ1v) is 13.2. The maximum atomic E-state index is 13.0. The Morgan fingerprint density at radius 2 is 1.39 bits per heavy atom. The molecule has 1 heterocycles. The van der Waals surface area contributed by atoms with Gasteiger partial charge in [-0.1, -0.05) is 60.7 Å². The molecule has 0 saturated heterocycles. The van der Waals surface area contributed by atoms with Gasteiger partial charge in [-0.2, -0.15) is 0 Å². The first-order chi connectivity index (χ1) is 18.5. The van der Waals surface area contributed by atoms with Crippen molar-refractivity contribution >= 4 is 39.8 Å². The van der Waals surface area contributed by atoms with E-state index in [1.54, 1.807) is 30.3 Å². The fourth-order valence-electron chi connectivity index (χ4n) is 4.67. The number of esters is 1. The van der Waals surface area contributed by atoms with Crippen molar-refractivity contribution in [1.82, 2.24) is 0 Å². The Kier molecular flexibility index (Phi) is 7.29. The summed E-state index contributed by atoms with van der Waals surface area (Å²) in [7, 11) is 1.31. The van der Waals surface area contributed by atoms with Gasteiger partial charge in [-0.05, 0) is 54.5 Å².